The highest BCUT2D eigenvalue weighted by atomic mass is 16.5. The summed E-state index contributed by atoms with van der Waals surface area (Å²) in [6, 6.07) is 7.53. The average Bonchev–Trinajstić information content (AvgIpc) is 2.94. The van der Waals surface area contributed by atoms with Gasteiger partial charge in [-0.3, -0.25) is 10.1 Å². The third kappa shape index (κ3) is 5.83. The fourth-order valence-electron chi connectivity index (χ4n) is 4.52. The number of nitrogens with one attached hydrogen (secondary N) is 2. The van der Waals surface area contributed by atoms with Gasteiger partial charge in [-0.1, -0.05) is 44.2 Å². The second-order valence-electron chi connectivity index (χ2n) is 10.1. The number of rotatable bonds is 10. The molecule has 1 aliphatic carbocycles. The van der Waals surface area contributed by atoms with Gasteiger partial charge in [0.1, 0.15) is 6.23 Å². The van der Waals surface area contributed by atoms with Crippen LogP contribution in [0.4, 0.5) is 11.6 Å². The number of carbonyl (C=O) groups excluding carboxylic acids is 1. The summed E-state index contributed by atoms with van der Waals surface area (Å²) in [7, 11) is 1.86. The Morgan fingerprint density at radius 1 is 1.25 bits per heavy atom. The average molecular weight is 492 g/mol. The van der Waals surface area contributed by atoms with Crippen molar-refractivity contribution in [1.29, 1.82) is 0 Å². The molecule has 2 unspecified atom stereocenters. The summed E-state index contributed by atoms with van der Waals surface area (Å²) in [6.07, 6.45) is 9.03. The lowest BCUT2D eigenvalue weighted by atomic mass is 9.81. The van der Waals surface area contributed by atoms with E-state index in [0.29, 0.717) is 25.0 Å². The molecule has 2 heterocycles. The van der Waals surface area contributed by atoms with E-state index < -0.39 is 11.8 Å². The summed E-state index contributed by atoms with van der Waals surface area (Å²) < 4.78 is 5.57. The number of aliphatic hydroxyl groups is 1. The molecule has 1 aromatic heterocycles. The van der Waals surface area contributed by atoms with E-state index in [1.807, 2.05) is 48.4 Å². The molecule has 8 heteroatoms. The smallest absolute Gasteiger partial charge is 0.227 e. The monoisotopic (exact) mass is 491 g/mol. The summed E-state index contributed by atoms with van der Waals surface area (Å²) >= 11 is 0. The van der Waals surface area contributed by atoms with Crippen molar-refractivity contribution >= 4 is 23.1 Å². The van der Waals surface area contributed by atoms with Gasteiger partial charge in [0.2, 0.25) is 11.9 Å². The number of likely N-dealkylation sites (N-methyl/N-ethyl adjacent to an activating group) is 1. The molecule has 0 spiro atoms. The summed E-state index contributed by atoms with van der Waals surface area (Å²) in [5, 5.41) is 16.8. The largest absolute Gasteiger partial charge is 0.381 e. The normalized spacial score (nSPS) is 20.0. The first kappa shape index (κ1) is 26.0. The molecule has 0 radical (unpaired) electrons. The van der Waals surface area contributed by atoms with Crippen LogP contribution in [0.25, 0.3) is 5.57 Å². The number of hydrogen-bond acceptors (Lipinski definition) is 7. The molecule has 2 aliphatic rings. The van der Waals surface area contributed by atoms with E-state index >= 15 is 0 Å². The Morgan fingerprint density at radius 3 is 2.78 bits per heavy atom. The standard InChI is InChI=1S/C28H37N5O3/c1-19(2)18-36-15-7-14-29-26(35)20-9-11-22(12-10-20)31-27-30-17-21-16-24(34)33(4)28(3)13-6-5-8-23(28)25(21)32-27/h5-6,8-12,17,19,26,29,35H,7,13-16,18H2,1-4H3,(H,30,31,32). The van der Waals surface area contributed by atoms with Crippen LogP contribution in [0.5, 0.6) is 0 Å². The van der Waals surface area contributed by atoms with Crippen molar-refractivity contribution in [3.05, 3.63) is 65.5 Å². The highest BCUT2D eigenvalue weighted by molar-refractivity contribution is 5.89. The Morgan fingerprint density at radius 2 is 2.03 bits per heavy atom. The van der Waals surface area contributed by atoms with Gasteiger partial charge in [-0.05, 0) is 49.9 Å². The zero-order valence-electron chi connectivity index (χ0n) is 21.6. The zero-order chi connectivity index (χ0) is 25.7. The summed E-state index contributed by atoms with van der Waals surface area (Å²) in [5.41, 5.74) is 3.83. The topological polar surface area (TPSA) is 99.6 Å². The molecular weight excluding hydrogens is 454 g/mol. The van der Waals surface area contributed by atoms with E-state index in [1.54, 1.807) is 6.20 Å². The number of anilines is 2. The zero-order valence-corrected chi connectivity index (χ0v) is 21.6. The van der Waals surface area contributed by atoms with Crippen LogP contribution < -0.4 is 10.6 Å². The fourth-order valence-corrected chi connectivity index (χ4v) is 4.52. The van der Waals surface area contributed by atoms with Gasteiger partial charge in [-0.15, -0.1) is 0 Å². The van der Waals surface area contributed by atoms with E-state index in [0.717, 1.165) is 47.5 Å². The van der Waals surface area contributed by atoms with Crippen molar-refractivity contribution in [2.75, 3.05) is 32.1 Å². The van der Waals surface area contributed by atoms with Crippen LogP contribution in [0.3, 0.4) is 0 Å². The SMILES string of the molecule is CC(C)COCCCNC(O)c1ccc(Nc2ncc3c(n2)C2=CC=CCC2(C)N(C)C(=O)C3)cc1. The number of aliphatic hydroxyl groups excluding tert-OH is 1. The third-order valence-corrected chi connectivity index (χ3v) is 6.81. The number of aromatic nitrogens is 2. The Balaban J connectivity index is 1.41. The van der Waals surface area contributed by atoms with Gasteiger partial charge in [-0.2, -0.15) is 0 Å². The summed E-state index contributed by atoms with van der Waals surface area (Å²) in [4.78, 5) is 23.9. The second-order valence-corrected chi connectivity index (χ2v) is 10.1. The van der Waals surface area contributed by atoms with Crippen LogP contribution in [-0.4, -0.2) is 58.2 Å². The van der Waals surface area contributed by atoms with Crippen molar-refractivity contribution in [2.45, 2.75) is 51.8 Å². The first-order valence-corrected chi connectivity index (χ1v) is 12.6. The van der Waals surface area contributed by atoms with Crippen molar-refractivity contribution in [2.24, 2.45) is 5.92 Å². The molecule has 1 aliphatic heterocycles. The number of allylic oxidation sites excluding steroid dienone is 2. The van der Waals surface area contributed by atoms with Gasteiger partial charge in [0.15, 0.2) is 0 Å². The highest BCUT2D eigenvalue weighted by Gasteiger charge is 2.41. The van der Waals surface area contributed by atoms with E-state index in [4.69, 9.17) is 9.72 Å². The number of hydrogen-bond donors (Lipinski definition) is 3. The molecule has 2 atom stereocenters. The van der Waals surface area contributed by atoms with Gasteiger partial charge >= 0.3 is 0 Å². The van der Waals surface area contributed by atoms with Crippen molar-refractivity contribution < 1.29 is 14.6 Å². The van der Waals surface area contributed by atoms with Crippen molar-refractivity contribution in [1.82, 2.24) is 20.2 Å². The first-order chi connectivity index (χ1) is 17.3. The highest BCUT2D eigenvalue weighted by Crippen LogP contribution is 2.41. The predicted molar refractivity (Wildman–Crippen MR) is 142 cm³/mol. The Kier molecular flexibility index (Phi) is 8.18. The lowest BCUT2D eigenvalue weighted by molar-refractivity contribution is -0.132. The third-order valence-electron chi connectivity index (χ3n) is 6.81. The molecule has 1 amide bonds. The van der Waals surface area contributed by atoms with Gasteiger partial charge in [0.25, 0.3) is 0 Å². The number of amides is 1. The molecule has 1 aromatic carbocycles. The lowest BCUT2D eigenvalue weighted by Crippen LogP contribution is -2.47. The molecule has 0 saturated heterocycles. The Labute approximate surface area is 213 Å². The minimum Gasteiger partial charge on any atom is -0.381 e. The molecule has 0 bridgehead atoms. The van der Waals surface area contributed by atoms with Crippen molar-refractivity contribution in [3.8, 4) is 0 Å². The van der Waals surface area contributed by atoms with Crippen LogP contribution >= 0.6 is 0 Å². The molecule has 2 aromatic rings. The fraction of sp³-hybridized carbons (Fsp3) is 0.464. The number of fused-ring (bicyclic) bond motifs is 3. The number of carbonyl (C=O) groups is 1. The second kappa shape index (κ2) is 11.3. The summed E-state index contributed by atoms with van der Waals surface area (Å²) in [5.74, 6) is 1.06. The molecule has 8 nitrogen and oxygen atoms in total. The van der Waals surface area contributed by atoms with Crippen LogP contribution in [0.2, 0.25) is 0 Å². The van der Waals surface area contributed by atoms with E-state index in [-0.39, 0.29) is 12.3 Å². The van der Waals surface area contributed by atoms with E-state index in [2.05, 4.69) is 42.5 Å². The van der Waals surface area contributed by atoms with E-state index in [1.165, 1.54) is 0 Å². The molecule has 36 heavy (non-hydrogen) atoms. The maximum absolute atomic E-state index is 12.8. The molecule has 192 valence electrons. The van der Waals surface area contributed by atoms with Gasteiger partial charge < -0.3 is 20.1 Å². The van der Waals surface area contributed by atoms with Crippen LogP contribution in [0.1, 0.15) is 56.7 Å². The first-order valence-electron chi connectivity index (χ1n) is 12.6. The lowest BCUT2D eigenvalue weighted by Gasteiger charge is -2.40. The van der Waals surface area contributed by atoms with Crippen LogP contribution in [0.15, 0.2) is 48.7 Å². The summed E-state index contributed by atoms with van der Waals surface area (Å²) in [6.45, 7) is 8.45. The minimum atomic E-state index is -0.744. The Bertz CT molecular complexity index is 1130. The quantitative estimate of drug-likeness (QED) is 0.341. The minimum absolute atomic E-state index is 0.0626. The molecule has 4 rings (SSSR count). The van der Waals surface area contributed by atoms with Gasteiger partial charge in [-0.25, -0.2) is 9.97 Å². The molecular formula is C28H37N5O3. The van der Waals surface area contributed by atoms with Gasteiger partial charge in [0, 0.05) is 43.3 Å². The van der Waals surface area contributed by atoms with Crippen LogP contribution in [0, 0.1) is 5.92 Å². The number of nitrogens with zero attached hydrogens (tertiary/aromatic N) is 3. The number of ether oxygens (including phenoxy) is 1. The Hall–Kier alpha value is -3.07. The maximum Gasteiger partial charge on any atom is 0.227 e. The predicted octanol–water partition coefficient (Wildman–Crippen LogP) is 3.98. The van der Waals surface area contributed by atoms with E-state index in [9.17, 15) is 9.90 Å². The molecule has 0 fully saturated rings. The number of benzene rings is 1. The van der Waals surface area contributed by atoms with Crippen molar-refractivity contribution in [3.63, 3.8) is 0 Å². The molecule has 3 N–H and O–H groups in total. The van der Waals surface area contributed by atoms with Gasteiger partial charge in [0.05, 0.1) is 17.7 Å². The van der Waals surface area contributed by atoms with Crippen LogP contribution in [-0.2, 0) is 16.0 Å². The maximum atomic E-state index is 12.8. The molecule has 0 saturated carbocycles.